The van der Waals surface area contributed by atoms with Gasteiger partial charge >= 0.3 is 6.61 Å². The van der Waals surface area contributed by atoms with E-state index >= 15 is 0 Å². The van der Waals surface area contributed by atoms with Crippen molar-refractivity contribution in [2.75, 3.05) is 11.9 Å². The number of nitrogens with one attached hydrogen (secondary N) is 1. The zero-order valence-electron chi connectivity index (χ0n) is 10.7. The van der Waals surface area contributed by atoms with E-state index in [1.54, 1.807) is 12.1 Å². The first-order chi connectivity index (χ1) is 9.10. The molecule has 0 unspecified atom stereocenters. The number of aromatic nitrogens is 2. The van der Waals surface area contributed by atoms with Gasteiger partial charge in [0.2, 0.25) is 5.95 Å². The molecule has 0 aliphatic carbocycles. The molecule has 1 heterocycles. The van der Waals surface area contributed by atoms with E-state index < -0.39 is 6.61 Å². The van der Waals surface area contributed by atoms with Crippen LogP contribution in [0.2, 0.25) is 0 Å². The highest BCUT2D eigenvalue weighted by Crippen LogP contribution is 2.20. The van der Waals surface area contributed by atoms with Gasteiger partial charge in [0.25, 0.3) is 0 Å². The minimum Gasteiger partial charge on any atom is -0.435 e. The second-order valence-corrected chi connectivity index (χ2v) is 3.98. The minimum atomic E-state index is -2.81. The highest BCUT2D eigenvalue weighted by atomic mass is 19.3. The van der Waals surface area contributed by atoms with Crippen LogP contribution in [0.5, 0.6) is 5.75 Å². The molecule has 1 aromatic heterocycles. The third-order valence-corrected chi connectivity index (χ3v) is 2.50. The van der Waals surface area contributed by atoms with Gasteiger partial charge in [-0.15, -0.1) is 0 Å². The lowest BCUT2D eigenvalue weighted by atomic mass is 10.3. The molecule has 0 atom stereocenters. The number of halogens is 2. The van der Waals surface area contributed by atoms with Gasteiger partial charge in [-0.3, -0.25) is 4.57 Å². The van der Waals surface area contributed by atoms with Crippen LogP contribution in [0.4, 0.5) is 14.7 Å². The minimum absolute atomic E-state index is 0.139. The monoisotopic (exact) mass is 267 g/mol. The van der Waals surface area contributed by atoms with Crippen molar-refractivity contribution in [1.82, 2.24) is 9.55 Å². The molecule has 6 heteroatoms. The molecule has 0 fully saturated rings. The molecule has 102 valence electrons. The van der Waals surface area contributed by atoms with E-state index in [0.717, 1.165) is 23.9 Å². The van der Waals surface area contributed by atoms with E-state index in [1.165, 1.54) is 12.1 Å². The van der Waals surface area contributed by atoms with Crippen LogP contribution in [0.3, 0.4) is 0 Å². The number of nitrogens with zero attached hydrogens (tertiary/aromatic N) is 2. The number of rotatable bonds is 5. The molecule has 0 spiro atoms. The summed E-state index contributed by atoms with van der Waals surface area (Å²) in [5, 5.41) is 3.14. The Morgan fingerprint density at radius 2 is 2.00 bits per heavy atom. The van der Waals surface area contributed by atoms with Gasteiger partial charge in [-0.25, -0.2) is 4.98 Å². The van der Waals surface area contributed by atoms with Crippen LogP contribution in [0, 0.1) is 6.92 Å². The van der Waals surface area contributed by atoms with Crippen molar-refractivity contribution < 1.29 is 13.5 Å². The number of anilines is 1. The Bertz CT molecular complexity index is 537. The molecule has 2 aromatic rings. The molecular formula is C13H15F2N3O. The normalized spacial score (nSPS) is 10.8. The van der Waals surface area contributed by atoms with Crippen LogP contribution >= 0.6 is 0 Å². The smallest absolute Gasteiger partial charge is 0.387 e. The van der Waals surface area contributed by atoms with E-state index in [1.807, 2.05) is 24.6 Å². The molecule has 0 saturated heterocycles. The Labute approximate surface area is 110 Å². The van der Waals surface area contributed by atoms with E-state index in [9.17, 15) is 8.78 Å². The molecular weight excluding hydrogens is 252 g/mol. The number of benzene rings is 1. The highest BCUT2D eigenvalue weighted by Gasteiger charge is 2.08. The predicted molar refractivity (Wildman–Crippen MR) is 69.1 cm³/mol. The Morgan fingerprint density at radius 1 is 1.32 bits per heavy atom. The maximum absolute atomic E-state index is 12.1. The Balaban J connectivity index is 2.26. The maximum atomic E-state index is 12.1. The highest BCUT2D eigenvalue weighted by molar-refractivity contribution is 5.45. The van der Waals surface area contributed by atoms with Crippen LogP contribution in [-0.4, -0.2) is 22.7 Å². The number of hydrogen-bond donors (Lipinski definition) is 1. The second-order valence-electron chi connectivity index (χ2n) is 3.98. The molecule has 0 amide bonds. The lowest BCUT2D eigenvalue weighted by molar-refractivity contribution is -0.0498. The summed E-state index contributed by atoms with van der Waals surface area (Å²) in [4.78, 5) is 4.35. The fourth-order valence-corrected chi connectivity index (χ4v) is 1.77. The van der Waals surface area contributed by atoms with Crippen LogP contribution in [0.25, 0.3) is 5.69 Å². The van der Waals surface area contributed by atoms with Crippen LogP contribution < -0.4 is 10.1 Å². The Hall–Kier alpha value is -2.11. The van der Waals surface area contributed by atoms with Crippen LogP contribution in [0.15, 0.2) is 30.5 Å². The summed E-state index contributed by atoms with van der Waals surface area (Å²) in [6.45, 7) is 1.82. The van der Waals surface area contributed by atoms with Crippen molar-refractivity contribution >= 4 is 5.95 Å². The Kier molecular flexibility index (Phi) is 3.99. The second kappa shape index (κ2) is 5.69. The first kappa shape index (κ1) is 13.3. The predicted octanol–water partition coefficient (Wildman–Crippen LogP) is 3.21. The zero-order chi connectivity index (χ0) is 13.8. The molecule has 0 aliphatic rings. The van der Waals surface area contributed by atoms with E-state index in [-0.39, 0.29) is 5.75 Å². The Morgan fingerprint density at radius 3 is 2.58 bits per heavy atom. The van der Waals surface area contributed by atoms with Crippen molar-refractivity contribution in [3.05, 3.63) is 36.2 Å². The lowest BCUT2D eigenvalue weighted by Gasteiger charge is -2.09. The third kappa shape index (κ3) is 3.21. The molecule has 4 nitrogen and oxygen atoms in total. The summed E-state index contributed by atoms with van der Waals surface area (Å²) in [5.41, 5.74) is 1.71. The van der Waals surface area contributed by atoms with E-state index in [2.05, 4.69) is 15.0 Å². The quantitative estimate of drug-likeness (QED) is 0.904. The molecule has 19 heavy (non-hydrogen) atoms. The number of imidazole rings is 1. The zero-order valence-corrected chi connectivity index (χ0v) is 10.7. The van der Waals surface area contributed by atoms with Crippen molar-refractivity contribution in [2.24, 2.45) is 0 Å². The summed E-state index contributed by atoms with van der Waals surface area (Å²) >= 11 is 0. The third-order valence-electron chi connectivity index (χ3n) is 2.50. The van der Waals surface area contributed by atoms with Crippen LogP contribution in [-0.2, 0) is 0 Å². The number of ether oxygens (including phenoxy) is 1. The van der Waals surface area contributed by atoms with Crippen molar-refractivity contribution in [2.45, 2.75) is 20.5 Å². The van der Waals surface area contributed by atoms with Gasteiger partial charge in [0, 0.05) is 18.4 Å². The first-order valence-electron chi connectivity index (χ1n) is 5.95. The molecule has 0 radical (unpaired) electrons. The lowest BCUT2D eigenvalue weighted by Crippen LogP contribution is -2.05. The molecule has 0 saturated carbocycles. The average molecular weight is 267 g/mol. The maximum Gasteiger partial charge on any atom is 0.387 e. The van der Waals surface area contributed by atoms with Gasteiger partial charge in [0.05, 0.1) is 5.69 Å². The standard InChI is InChI=1S/C13H15F2N3O/c1-3-16-13-17-9(2)8-18(13)10-4-6-11(7-5-10)19-12(14)15/h4-8,12H,3H2,1-2H3,(H,16,17). The van der Waals surface area contributed by atoms with Crippen LogP contribution in [0.1, 0.15) is 12.6 Å². The average Bonchev–Trinajstić information content (AvgIpc) is 2.71. The number of aryl methyl sites for hydroxylation is 1. The van der Waals surface area contributed by atoms with Gasteiger partial charge < -0.3 is 10.1 Å². The van der Waals surface area contributed by atoms with E-state index in [4.69, 9.17) is 0 Å². The summed E-state index contributed by atoms with van der Waals surface area (Å²) in [5.74, 6) is 0.864. The summed E-state index contributed by atoms with van der Waals surface area (Å²) in [6, 6.07) is 6.43. The fraction of sp³-hybridized carbons (Fsp3) is 0.308. The van der Waals surface area contributed by atoms with Crippen molar-refractivity contribution in [3.63, 3.8) is 0 Å². The molecule has 1 aromatic carbocycles. The topological polar surface area (TPSA) is 39.1 Å². The summed E-state index contributed by atoms with van der Waals surface area (Å²) in [6.07, 6.45) is 1.88. The first-order valence-corrected chi connectivity index (χ1v) is 5.95. The largest absolute Gasteiger partial charge is 0.435 e. The summed E-state index contributed by atoms with van der Waals surface area (Å²) < 4.78 is 30.3. The van der Waals surface area contributed by atoms with E-state index in [0.29, 0.717) is 0 Å². The molecule has 2 rings (SSSR count). The van der Waals surface area contributed by atoms with Crippen molar-refractivity contribution in [3.8, 4) is 11.4 Å². The fourth-order valence-electron chi connectivity index (χ4n) is 1.77. The van der Waals surface area contributed by atoms with Gasteiger partial charge in [-0.05, 0) is 38.1 Å². The number of hydrogen-bond acceptors (Lipinski definition) is 3. The van der Waals surface area contributed by atoms with Gasteiger partial charge in [0.15, 0.2) is 0 Å². The SMILES string of the molecule is CCNc1nc(C)cn1-c1ccc(OC(F)F)cc1. The van der Waals surface area contributed by atoms with Gasteiger partial charge in [0.1, 0.15) is 5.75 Å². The van der Waals surface area contributed by atoms with Crippen molar-refractivity contribution in [1.29, 1.82) is 0 Å². The molecule has 0 bridgehead atoms. The number of alkyl halides is 2. The summed E-state index contributed by atoms with van der Waals surface area (Å²) in [7, 11) is 0. The van der Waals surface area contributed by atoms with Gasteiger partial charge in [-0.1, -0.05) is 0 Å². The van der Waals surface area contributed by atoms with Gasteiger partial charge in [-0.2, -0.15) is 8.78 Å². The molecule has 0 aliphatic heterocycles. The molecule has 1 N–H and O–H groups in total.